The Balaban J connectivity index is 1.54. The molecule has 0 aliphatic heterocycles. The number of aryl methyl sites for hydroxylation is 1. The summed E-state index contributed by atoms with van der Waals surface area (Å²) in [5, 5.41) is 6.92. The highest BCUT2D eigenvalue weighted by molar-refractivity contribution is 5.95. The van der Waals surface area contributed by atoms with E-state index in [9.17, 15) is 22.8 Å². The number of amides is 2. The van der Waals surface area contributed by atoms with Crippen molar-refractivity contribution in [2.75, 3.05) is 13.6 Å². The van der Waals surface area contributed by atoms with Crippen molar-refractivity contribution in [2.24, 2.45) is 5.92 Å². The van der Waals surface area contributed by atoms with E-state index in [4.69, 9.17) is 0 Å². The summed E-state index contributed by atoms with van der Waals surface area (Å²) >= 11 is 0. The lowest BCUT2D eigenvalue weighted by Crippen LogP contribution is -2.29. The normalized spacial score (nSPS) is 14.5. The first kappa shape index (κ1) is 24.4. The molecule has 2 aromatic heterocycles. The van der Waals surface area contributed by atoms with E-state index in [1.54, 1.807) is 25.1 Å². The average molecular weight is 486 g/mol. The van der Waals surface area contributed by atoms with Gasteiger partial charge in [-0.3, -0.25) is 14.6 Å². The molecule has 1 saturated carbocycles. The highest BCUT2D eigenvalue weighted by Gasteiger charge is 2.32. The maximum Gasteiger partial charge on any atom is 0.416 e. The Morgan fingerprint density at radius 1 is 1.17 bits per heavy atom. The number of hydrogen-bond donors (Lipinski definition) is 1. The summed E-state index contributed by atoms with van der Waals surface area (Å²) < 4.78 is 40.9. The molecule has 184 valence electrons. The van der Waals surface area contributed by atoms with E-state index < -0.39 is 23.7 Å². The molecule has 0 radical (unpaired) electrons. The Labute approximate surface area is 200 Å². The lowest BCUT2D eigenvalue weighted by Gasteiger charge is -2.17. The lowest BCUT2D eigenvalue weighted by atomic mass is 10.0. The fourth-order valence-corrected chi connectivity index (χ4v) is 3.79. The van der Waals surface area contributed by atoms with Gasteiger partial charge >= 0.3 is 6.18 Å². The zero-order chi connectivity index (χ0) is 25.3. The topological polar surface area (TPSA) is 93.0 Å². The van der Waals surface area contributed by atoms with Gasteiger partial charge in [0.2, 0.25) is 0 Å². The van der Waals surface area contributed by atoms with Gasteiger partial charge in [0.15, 0.2) is 5.82 Å². The number of carbonyl (C=O) groups is 2. The Morgan fingerprint density at radius 2 is 1.89 bits per heavy atom. The highest BCUT2D eigenvalue weighted by atomic mass is 19.4. The molecule has 1 unspecified atom stereocenters. The Hall–Kier alpha value is -3.76. The Bertz CT molecular complexity index is 1250. The standard InChI is InChI=1S/C24H25F3N6O2/c1-14-8-17(10-19(9-14)24(25,26)27)22(34)31-15(2)20-21(29-7-6-28-20)33-13-18(11-30-33)23(35)32(3)12-16-4-5-16/h6-11,13,15-16H,4-5,12H2,1-3H3,(H,31,34). The fourth-order valence-electron chi connectivity index (χ4n) is 3.79. The van der Waals surface area contributed by atoms with Crippen LogP contribution >= 0.6 is 0 Å². The molecule has 2 amide bonds. The third-order valence-corrected chi connectivity index (χ3v) is 5.75. The predicted octanol–water partition coefficient (Wildman–Crippen LogP) is 3.96. The van der Waals surface area contributed by atoms with Crippen molar-refractivity contribution in [1.29, 1.82) is 0 Å². The second-order valence-electron chi connectivity index (χ2n) is 8.85. The number of benzene rings is 1. The number of aromatic nitrogens is 4. The van der Waals surface area contributed by atoms with Crippen LogP contribution in [0.5, 0.6) is 0 Å². The number of rotatable bonds is 7. The number of hydrogen-bond acceptors (Lipinski definition) is 5. The van der Waals surface area contributed by atoms with E-state index in [-0.39, 0.29) is 11.5 Å². The second kappa shape index (κ2) is 9.47. The molecule has 0 spiro atoms. The quantitative estimate of drug-likeness (QED) is 0.546. The maximum atomic E-state index is 13.2. The lowest BCUT2D eigenvalue weighted by molar-refractivity contribution is -0.137. The molecule has 4 rings (SSSR count). The van der Waals surface area contributed by atoms with Crippen LogP contribution in [0.1, 0.15) is 63.3 Å². The van der Waals surface area contributed by atoms with E-state index in [1.165, 1.54) is 36.3 Å². The van der Waals surface area contributed by atoms with Crippen LogP contribution in [0.3, 0.4) is 0 Å². The summed E-state index contributed by atoms with van der Waals surface area (Å²) in [5.74, 6) is 0.0104. The van der Waals surface area contributed by atoms with Gasteiger partial charge in [-0.25, -0.2) is 9.67 Å². The maximum absolute atomic E-state index is 13.2. The average Bonchev–Trinajstić information content (AvgIpc) is 3.49. The van der Waals surface area contributed by atoms with E-state index in [0.29, 0.717) is 35.1 Å². The molecular weight excluding hydrogens is 461 g/mol. The minimum atomic E-state index is -4.56. The van der Waals surface area contributed by atoms with Crippen LogP contribution in [0, 0.1) is 12.8 Å². The van der Waals surface area contributed by atoms with E-state index in [0.717, 1.165) is 25.0 Å². The molecule has 1 fully saturated rings. The van der Waals surface area contributed by atoms with Gasteiger partial charge < -0.3 is 10.2 Å². The first-order chi connectivity index (χ1) is 16.5. The molecule has 0 bridgehead atoms. The van der Waals surface area contributed by atoms with Crippen LogP contribution in [-0.4, -0.2) is 50.1 Å². The number of halogens is 3. The smallest absolute Gasteiger partial charge is 0.344 e. The van der Waals surface area contributed by atoms with Crippen LogP contribution in [0.15, 0.2) is 43.0 Å². The Morgan fingerprint density at radius 3 is 2.57 bits per heavy atom. The van der Waals surface area contributed by atoms with E-state index in [1.807, 2.05) is 0 Å². The molecular formula is C24H25F3N6O2. The van der Waals surface area contributed by atoms with Crippen LogP contribution < -0.4 is 5.32 Å². The van der Waals surface area contributed by atoms with Crippen molar-refractivity contribution in [2.45, 2.75) is 38.9 Å². The van der Waals surface area contributed by atoms with Crippen LogP contribution in [-0.2, 0) is 6.18 Å². The number of carbonyl (C=O) groups excluding carboxylic acids is 2. The van der Waals surface area contributed by atoms with Crippen molar-refractivity contribution in [3.8, 4) is 5.82 Å². The van der Waals surface area contributed by atoms with Crippen molar-refractivity contribution in [1.82, 2.24) is 30.0 Å². The van der Waals surface area contributed by atoms with Gasteiger partial charge in [0.25, 0.3) is 11.8 Å². The van der Waals surface area contributed by atoms with Crippen molar-refractivity contribution in [3.63, 3.8) is 0 Å². The van der Waals surface area contributed by atoms with Gasteiger partial charge in [-0.2, -0.15) is 18.3 Å². The second-order valence-corrected chi connectivity index (χ2v) is 8.85. The molecule has 1 atom stereocenters. The van der Waals surface area contributed by atoms with E-state index >= 15 is 0 Å². The summed E-state index contributed by atoms with van der Waals surface area (Å²) in [7, 11) is 1.75. The number of nitrogens with zero attached hydrogens (tertiary/aromatic N) is 5. The molecule has 1 N–H and O–H groups in total. The zero-order valence-corrected chi connectivity index (χ0v) is 19.5. The van der Waals surface area contributed by atoms with Gasteiger partial charge in [0, 0.05) is 37.7 Å². The SMILES string of the molecule is Cc1cc(C(=O)NC(C)c2nccnc2-n2cc(C(=O)N(C)CC3CC3)cn2)cc(C(F)(F)F)c1. The molecule has 35 heavy (non-hydrogen) atoms. The largest absolute Gasteiger partial charge is 0.416 e. The van der Waals surface area contributed by atoms with Crippen molar-refractivity contribution in [3.05, 3.63) is 70.9 Å². The molecule has 3 aromatic rings. The van der Waals surface area contributed by atoms with Gasteiger partial charge in [0.05, 0.1) is 23.4 Å². The third kappa shape index (κ3) is 5.67. The molecule has 8 nitrogen and oxygen atoms in total. The van der Waals surface area contributed by atoms with E-state index in [2.05, 4.69) is 20.4 Å². The van der Waals surface area contributed by atoms with Gasteiger partial charge in [-0.15, -0.1) is 0 Å². The van der Waals surface area contributed by atoms with Crippen molar-refractivity contribution < 1.29 is 22.8 Å². The molecule has 1 aromatic carbocycles. The van der Waals surface area contributed by atoms with Crippen LogP contribution in [0.2, 0.25) is 0 Å². The summed E-state index contributed by atoms with van der Waals surface area (Å²) in [6, 6.07) is 2.48. The zero-order valence-electron chi connectivity index (χ0n) is 19.5. The first-order valence-electron chi connectivity index (χ1n) is 11.1. The van der Waals surface area contributed by atoms with Crippen LogP contribution in [0.25, 0.3) is 5.82 Å². The minimum Gasteiger partial charge on any atom is -0.344 e. The Kier molecular flexibility index (Phi) is 6.60. The number of nitrogens with one attached hydrogen (secondary N) is 1. The summed E-state index contributed by atoms with van der Waals surface area (Å²) in [4.78, 5) is 35.7. The fraction of sp³-hybridized carbons (Fsp3) is 0.375. The molecule has 1 aliphatic rings. The van der Waals surface area contributed by atoms with Gasteiger partial charge in [-0.05, 0) is 56.4 Å². The first-order valence-corrected chi connectivity index (χ1v) is 11.1. The molecule has 2 heterocycles. The summed E-state index contributed by atoms with van der Waals surface area (Å²) in [6.07, 6.45) is 3.57. The number of alkyl halides is 3. The summed E-state index contributed by atoms with van der Waals surface area (Å²) in [6.45, 7) is 3.83. The minimum absolute atomic E-state index is 0.111. The van der Waals surface area contributed by atoms with Crippen molar-refractivity contribution >= 4 is 11.8 Å². The van der Waals surface area contributed by atoms with Crippen LogP contribution in [0.4, 0.5) is 13.2 Å². The summed E-state index contributed by atoms with van der Waals surface area (Å²) in [5.41, 5.74) is 0.0493. The van der Waals surface area contributed by atoms with Gasteiger partial charge in [-0.1, -0.05) is 0 Å². The molecule has 1 aliphatic carbocycles. The molecule has 11 heteroatoms. The third-order valence-electron chi connectivity index (χ3n) is 5.75. The predicted molar refractivity (Wildman–Crippen MR) is 121 cm³/mol. The highest BCUT2D eigenvalue weighted by Crippen LogP contribution is 2.31. The van der Waals surface area contributed by atoms with Gasteiger partial charge in [0.1, 0.15) is 5.69 Å². The molecule has 0 saturated heterocycles. The monoisotopic (exact) mass is 486 g/mol.